The zero-order valence-corrected chi connectivity index (χ0v) is 46.5. The number of hydrogen-bond donors (Lipinski definition) is 27. The number of piperidine rings is 2. The largest absolute Gasteiger partial charge is 0.503 e. The van der Waals surface area contributed by atoms with E-state index in [9.17, 15) is 156 Å². The number of carbonyl (C=O) groups is 6. The van der Waals surface area contributed by atoms with Crippen molar-refractivity contribution >= 4 is 58.2 Å². The van der Waals surface area contributed by atoms with Crippen LogP contribution in [0.3, 0.4) is 0 Å². The van der Waals surface area contributed by atoms with Crippen molar-refractivity contribution in [2.75, 3.05) is 46.6 Å². The molecule has 94 heavy (non-hydrogen) atoms. The molecule has 6 heterocycles. The van der Waals surface area contributed by atoms with Gasteiger partial charge < -0.3 is 153 Å². The lowest BCUT2D eigenvalue weighted by Gasteiger charge is -2.49. The molecule has 0 saturated carbocycles. The van der Waals surface area contributed by atoms with E-state index >= 15 is 0 Å². The fraction of sp³-hybridized carbons (Fsp3) is 0.280. The lowest BCUT2D eigenvalue weighted by molar-refractivity contribution is -0.440. The van der Waals surface area contributed by atoms with Crippen LogP contribution in [0.1, 0.15) is 59.5 Å². The van der Waals surface area contributed by atoms with Crippen molar-refractivity contribution in [3.8, 4) is 68.9 Å². The molecule has 0 aliphatic carbocycles. The Labute approximate surface area is 515 Å². The maximum Gasteiger partial charge on any atom is 0.315 e. The Morgan fingerprint density at radius 2 is 0.851 bits per heavy atom. The second-order valence-electron chi connectivity index (χ2n) is 21.2. The quantitative estimate of drug-likeness (QED) is 0.0290. The van der Waals surface area contributed by atoms with Crippen LogP contribution < -0.4 is 40.5 Å². The van der Waals surface area contributed by atoms with Gasteiger partial charge in [-0.25, -0.2) is 19.2 Å². The average Bonchev–Trinajstić information content (AvgIpc) is 1.34. The molecule has 44 heteroatoms. The van der Waals surface area contributed by atoms with Gasteiger partial charge in [0.1, 0.15) is 45.6 Å². The zero-order chi connectivity index (χ0) is 70.2. The van der Waals surface area contributed by atoms with Gasteiger partial charge in [0.15, 0.2) is 64.2 Å². The molecule has 6 amide bonds. The van der Waals surface area contributed by atoms with Crippen molar-refractivity contribution in [1.82, 2.24) is 19.6 Å². The minimum atomic E-state index is -4.73. The normalized spacial score (nSPS) is 21.2. The summed E-state index contributed by atoms with van der Waals surface area (Å²) in [6.07, 6.45) is -1.68. The molecule has 1 unspecified atom stereocenters. The third-order valence-corrected chi connectivity index (χ3v) is 15.6. The molecule has 4 aliphatic rings. The first-order valence-corrected chi connectivity index (χ1v) is 25.7. The summed E-state index contributed by atoms with van der Waals surface area (Å²) >= 11 is 0. The molecule has 0 radical (unpaired) electrons. The molecule has 44 nitrogen and oxygen atoms in total. The molecule has 29 N–H and O–H groups in total. The first-order valence-electron chi connectivity index (χ1n) is 25.7. The number of carbonyl (C=O) groups excluding carboxylic acids is 6. The Hall–Kier alpha value is -10.6. The van der Waals surface area contributed by atoms with Crippen LogP contribution in [0.5, 0.6) is 57.5 Å². The van der Waals surface area contributed by atoms with Crippen LogP contribution in [0, 0.1) is 0 Å². The number of anilines is 4. The first-order chi connectivity index (χ1) is 43.2. The number of β-amino-alcohol motifs (C(OH)–C–C–N with tert-alkyl or cyclic N) is 3. The number of ether oxygens (including phenoxy) is 3. The maximum atomic E-state index is 14.5. The summed E-state index contributed by atoms with van der Waals surface area (Å²) < 4.78 is 16.5. The van der Waals surface area contributed by atoms with Crippen molar-refractivity contribution in [3.05, 3.63) is 82.4 Å². The summed E-state index contributed by atoms with van der Waals surface area (Å²) in [7, 11) is 1.27. The second kappa shape index (κ2) is 20.7. The van der Waals surface area contributed by atoms with Gasteiger partial charge in [-0.05, 0) is 48.5 Å². The van der Waals surface area contributed by atoms with Crippen molar-refractivity contribution in [3.63, 3.8) is 0 Å². The summed E-state index contributed by atoms with van der Waals surface area (Å²) in [6.45, 7) is -5.01. The number of aromatic hydroxyl groups is 8. The number of nitrogens with zero attached hydrogens (tertiary/aromatic N) is 8. The lowest BCUT2D eigenvalue weighted by Crippen LogP contribution is -2.80. The number of fused-ring (bicyclic) bond motifs is 2. The molecule has 10 rings (SSSR count). The van der Waals surface area contributed by atoms with E-state index < -0.39 is 243 Å². The van der Waals surface area contributed by atoms with Gasteiger partial charge >= 0.3 is 17.6 Å². The first kappa shape index (κ1) is 66.3. The highest BCUT2D eigenvalue weighted by atomic mass is 16.8. The summed E-state index contributed by atoms with van der Waals surface area (Å²) in [4.78, 5) is 79.0. The number of aromatic nitrogens is 4. The number of hydrogen-bond acceptors (Lipinski definition) is 36. The van der Waals surface area contributed by atoms with E-state index in [1.54, 1.807) is 0 Å². The molecule has 2 aromatic heterocycles. The summed E-state index contributed by atoms with van der Waals surface area (Å²) in [5.41, 5.74) is -4.87. The van der Waals surface area contributed by atoms with E-state index in [1.165, 1.54) is 31.4 Å². The van der Waals surface area contributed by atoms with Gasteiger partial charge in [0.2, 0.25) is 23.3 Å². The van der Waals surface area contributed by atoms with Crippen LogP contribution in [-0.2, 0) is 25.9 Å². The SMILES string of the molecule is COc1ccc(-n2nc(C(N)=O)c3c2C(=O)N(c2c(O)c(O)c(N4CC(O)(OCOc5ccc(-n6nc(C(N)=O)c7c6C(=O)N(c6c(O)c(O)c(N8CC(O)(O)C(O)(O)C(O)(O)C8=O)c(O)c6O)C(O)(O)C7(O)O)cc5)C(O)(O)CC4=O)c(O)c2O)C(O)(O)C3(O)O)cc1. The van der Waals surface area contributed by atoms with Crippen LogP contribution in [-0.4, -0.2) is 250 Å². The average molecular weight is 1330 g/mol. The highest BCUT2D eigenvalue weighted by Gasteiger charge is 2.72. The zero-order valence-electron chi connectivity index (χ0n) is 46.5. The van der Waals surface area contributed by atoms with Gasteiger partial charge in [0, 0.05) is 0 Å². The molecule has 2 saturated heterocycles. The highest BCUT2D eigenvalue weighted by Crippen LogP contribution is 2.62. The Morgan fingerprint density at radius 1 is 0.489 bits per heavy atom. The third-order valence-electron chi connectivity index (χ3n) is 15.6. The number of aliphatic hydroxyl groups is 17. The van der Waals surface area contributed by atoms with Gasteiger partial charge in [-0.3, -0.25) is 38.6 Å². The van der Waals surface area contributed by atoms with Gasteiger partial charge in [-0.15, -0.1) is 0 Å². The van der Waals surface area contributed by atoms with Crippen molar-refractivity contribution in [1.29, 1.82) is 0 Å². The molecule has 4 aromatic carbocycles. The fourth-order valence-corrected chi connectivity index (χ4v) is 10.6. The molecule has 502 valence electrons. The van der Waals surface area contributed by atoms with E-state index in [0.717, 1.165) is 24.3 Å². The van der Waals surface area contributed by atoms with Gasteiger partial charge in [-0.1, -0.05) is 0 Å². The number of benzene rings is 4. The van der Waals surface area contributed by atoms with Crippen LogP contribution in [0.2, 0.25) is 0 Å². The smallest absolute Gasteiger partial charge is 0.315 e. The number of rotatable bonds is 13. The second-order valence-corrected chi connectivity index (χ2v) is 21.2. The Bertz CT molecular complexity index is 4230. The number of methoxy groups -OCH3 is 1. The van der Waals surface area contributed by atoms with Crippen molar-refractivity contribution in [2.24, 2.45) is 11.5 Å². The monoisotopic (exact) mass is 1330 g/mol. The van der Waals surface area contributed by atoms with Crippen LogP contribution in [0.25, 0.3) is 11.4 Å². The van der Waals surface area contributed by atoms with Crippen LogP contribution in [0.4, 0.5) is 22.7 Å². The number of primary amides is 2. The Morgan fingerprint density at radius 3 is 1.22 bits per heavy atom. The summed E-state index contributed by atoms with van der Waals surface area (Å²) in [6, 6.07) is 8.45. The molecule has 0 bridgehead atoms. The molecule has 4 aliphatic heterocycles. The standard InChI is InChI=1S/C50H48N10O34/c1-92-16-6-2-14(3-7-16)59-23-19(21(53-59)37(51)70)45(80,81)49(88,89)57(39(23)72)27-33(66)29(62)25(30(63)34(27)67)55-12-44(79,42(75,76)10-18(55)61)94-13-93-17-8-4-15(5-9-17)60-24-20(22(54-60)38(52)71)46(82,83)50(90,91)58(40(24)73)28-35(68)31(64)26(32(65)36(28)69)56-11-43(77,78)48(86,87)47(84,85)41(56)74/h2-9,62-69,75-91H,10-13H2,1H3,(H2,51,70)(H2,52,71). The summed E-state index contributed by atoms with van der Waals surface area (Å²) in [5, 5.41) is 283. The number of amides is 6. The summed E-state index contributed by atoms with van der Waals surface area (Å²) in [5.74, 6) is -66.3. The minimum Gasteiger partial charge on any atom is -0.503 e. The maximum absolute atomic E-state index is 14.5. The van der Waals surface area contributed by atoms with Gasteiger partial charge in [-0.2, -0.15) is 10.2 Å². The van der Waals surface area contributed by atoms with E-state index in [2.05, 4.69) is 10.2 Å². The Kier molecular flexibility index (Phi) is 14.6. The van der Waals surface area contributed by atoms with E-state index in [1.807, 2.05) is 0 Å². The topological polar surface area (TPSA) is 737 Å². The minimum absolute atomic E-state index is 0.0313. The lowest BCUT2D eigenvalue weighted by atomic mass is 9.89. The number of phenolic OH excluding ortho intramolecular Hbond substituents is 8. The molecular formula is C50H48N10O34. The number of nitrogens with two attached hydrogens (primary N) is 2. The van der Waals surface area contributed by atoms with Crippen molar-refractivity contribution in [2.45, 2.75) is 58.8 Å². The van der Waals surface area contributed by atoms with Crippen molar-refractivity contribution < 1.29 is 171 Å². The third kappa shape index (κ3) is 8.81. The van der Waals surface area contributed by atoms with Gasteiger partial charge in [0.25, 0.3) is 46.9 Å². The van der Waals surface area contributed by atoms with Crippen LogP contribution >= 0.6 is 0 Å². The molecule has 2 fully saturated rings. The fourth-order valence-electron chi connectivity index (χ4n) is 10.6. The molecule has 0 spiro atoms. The molecule has 1 atom stereocenters. The predicted molar refractivity (Wildman–Crippen MR) is 287 cm³/mol. The van der Waals surface area contributed by atoms with E-state index in [4.69, 9.17) is 25.7 Å². The van der Waals surface area contributed by atoms with Gasteiger partial charge in [0.05, 0.1) is 49.1 Å². The molecular weight excluding hydrogens is 1280 g/mol. The molecule has 6 aromatic rings. The van der Waals surface area contributed by atoms with Crippen LogP contribution in [0.15, 0.2) is 48.5 Å². The highest BCUT2D eigenvalue weighted by molar-refractivity contribution is 6.15. The Balaban J connectivity index is 0.938. The number of phenols is 8. The van der Waals surface area contributed by atoms with E-state index in [0.29, 0.717) is 9.36 Å². The van der Waals surface area contributed by atoms with E-state index in [-0.39, 0.29) is 16.3 Å². The predicted octanol–water partition coefficient (Wildman–Crippen LogP) is -10.7.